The number of nitrogens with zero attached hydrogens (tertiary/aromatic N) is 2. The standard InChI is InChI=1S/C9H8N2O5/c1-15-8-3-6(10-5-12)7(11(13)14)4-9(8)16-2/h3-4H,1-2H3. The molecule has 0 unspecified atom stereocenters. The van der Waals surface area contributed by atoms with Crippen molar-refractivity contribution in [3.05, 3.63) is 22.2 Å². The van der Waals surface area contributed by atoms with E-state index in [-0.39, 0.29) is 22.9 Å². The number of nitro groups is 1. The van der Waals surface area contributed by atoms with Crippen molar-refractivity contribution in [2.45, 2.75) is 0 Å². The summed E-state index contributed by atoms with van der Waals surface area (Å²) in [6, 6.07) is 2.37. The van der Waals surface area contributed by atoms with Gasteiger partial charge in [-0.05, 0) is 0 Å². The predicted octanol–water partition coefficient (Wildman–Crippen LogP) is 1.58. The minimum absolute atomic E-state index is 0.127. The van der Waals surface area contributed by atoms with E-state index in [1.807, 2.05) is 0 Å². The summed E-state index contributed by atoms with van der Waals surface area (Å²) >= 11 is 0. The number of rotatable bonds is 4. The van der Waals surface area contributed by atoms with E-state index in [2.05, 4.69) is 4.99 Å². The Labute approximate surface area is 90.5 Å². The fourth-order valence-corrected chi connectivity index (χ4v) is 1.14. The van der Waals surface area contributed by atoms with Gasteiger partial charge in [-0.25, -0.2) is 4.79 Å². The third-order valence-corrected chi connectivity index (χ3v) is 1.84. The first-order valence-corrected chi connectivity index (χ1v) is 4.12. The Morgan fingerprint density at radius 3 is 2.31 bits per heavy atom. The van der Waals surface area contributed by atoms with Crippen LogP contribution in [0.4, 0.5) is 11.4 Å². The summed E-state index contributed by atoms with van der Waals surface area (Å²) in [5.74, 6) is 0.446. The number of isocyanates is 1. The van der Waals surface area contributed by atoms with Gasteiger partial charge < -0.3 is 9.47 Å². The first-order chi connectivity index (χ1) is 7.63. The summed E-state index contributed by atoms with van der Waals surface area (Å²) in [6.07, 6.45) is 1.24. The van der Waals surface area contributed by atoms with Gasteiger partial charge in [0.25, 0.3) is 5.69 Å². The third kappa shape index (κ3) is 2.15. The molecule has 16 heavy (non-hydrogen) atoms. The van der Waals surface area contributed by atoms with Crippen LogP contribution < -0.4 is 9.47 Å². The van der Waals surface area contributed by atoms with E-state index in [1.54, 1.807) is 0 Å². The van der Waals surface area contributed by atoms with E-state index in [0.717, 1.165) is 6.07 Å². The Hall–Kier alpha value is -2.40. The molecular weight excluding hydrogens is 216 g/mol. The van der Waals surface area contributed by atoms with Gasteiger partial charge >= 0.3 is 0 Å². The van der Waals surface area contributed by atoms with Gasteiger partial charge in [-0.1, -0.05) is 0 Å². The highest BCUT2D eigenvalue weighted by molar-refractivity contribution is 5.68. The predicted molar refractivity (Wildman–Crippen MR) is 54.0 cm³/mol. The Morgan fingerprint density at radius 1 is 1.31 bits per heavy atom. The normalized spacial score (nSPS) is 9.12. The highest BCUT2D eigenvalue weighted by Gasteiger charge is 2.19. The maximum Gasteiger partial charge on any atom is 0.299 e. The summed E-state index contributed by atoms with van der Waals surface area (Å²) in [7, 11) is 2.72. The van der Waals surface area contributed by atoms with Crippen LogP contribution in [0.25, 0.3) is 0 Å². The molecule has 0 aliphatic carbocycles. The van der Waals surface area contributed by atoms with Gasteiger partial charge in [0.05, 0.1) is 25.2 Å². The first kappa shape index (κ1) is 11.7. The minimum Gasteiger partial charge on any atom is -0.493 e. The van der Waals surface area contributed by atoms with E-state index in [4.69, 9.17) is 9.47 Å². The number of hydrogen-bond acceptors (Lipinski definition) is 6. The van der Waals surface area contributed by atoms with Gasteiger partial charge in [-0.15, -0.1) is 0 Å². The number of carbonyl (C=O) groups excluding carboxylic acids is 1. The zero-order valence-corrected chi connectivity index (χ0v) is 8.59. The lowest BCUT2D eigenvalue weighted by Crippen LogP contribution is -1.94. The molecule has 1 rings (SSSR count). The van der Waals surface area contributed by atoms with Gasteiger partial charge in [0.15, 0.2) is 17.2 Å². The summed E-state index contributed by atoms with van der Waals surface area (Å²) in [4.78, 5) is 23.4. The van der Waals surface area contributed by atoms with Gasteiger partial charge in [-0.2, -0.15) is 4.99 Å². The largest absolute Gasteiger partial charge is 0.493 e. The molecule has 0 saturated heterocycles. The number of methoxy groups -OCH3 is 2. The maximum atomic E-state index is 10.7. The molecule has 84 valence electrons. The van der Waals surface area contributed by atoms with Crippen molar-refractivity contribution in [3.63, 3.8) is 0 Å². The Kier molecular flexibility index (Phi) is 3.58. The lowest BCUT2D eigenvalue weighted by Gasteiger charge is -2.07. The molecule has 1 aromatic carbocycles. The molecule has 0 radical (unpaired) electrons. The average molecular weight is 224 g/mol. The van der Waals surface area contributed by atoms with Gasteiger partial charge in [0.2, 0.25) is 6.08 Å². The van der Waals surface area contributed by atoms with Crippen LogP contribution in [0.15, 0.2) is 17.1 Å². The quantitative estimate of drug-likeness (QED) is 0.335. The summed E-state index contributed by atoms with van der Waals surface area (Å²) in [5, 5.41) is 10.7. The molecule has 1 aromatic rings. The average Bonchev–Trinajstić information content (AvgIpc) is 2.28. The fourth-order valence-electron chi connectivity index (χ4n) is 1.14. The molecule has 0 aliphatic heterocycles. The highest BCUT2D eigenvalue weighted by Crippen LogP contribution is 2.38. The number of benzene rings is 1. The van der Waals surface area contributed by atoms with Crippen LogP contribution in [0.3, 0.4) is 0 Å². The third-order valence-electron chi connectivity index (χ3n) is 1.84. The second-order valence-corrected chi connectivity index (χ2v) is 2.66. The molecule has 0 atom stereocenters. The Balaban J connectivity index is 3.46. The van der Waals surface area contributed by atoms with Crippen LogP contribution in [0.2, 0.25) is 0 Å². The van der Waals surface area contributed by atoms with Gasteiger partial charge in [0.1, 0.15) is 0 Å². The molecule has 7 nitrogen and oxygen atoms in total. The molecule has 0 fully saturated rings. The van der Waals surface area contributed by atoms with Gasteiger partial charge in [0, 0.05) is 6.07 Å². The van der Waals surface area contributed by atoms with E-state index < -0.39 is 4.92 Å². The van der Waals surface area contributed by atoms with Crippen molar-refractivity contribution in [3.8, 4) is 11.5 Å². The molecule has 0 bridgehead atoms. The zero-order valence-electron chi connectivity index (χ0n) is 8.59. The molecule has 0 spiro atoms. The lowest BCUT2D eigenvalue weighted by atomic mass is 10.2. The van der Waals surface area contributed by atoms with Crippen molar-refractivity contribution in [1.29, 1.82) is 0 Å². The molecule has 0 aromatic heterocycles. The van der Waals surface area contributed by atoms with Crippen LogP contribution >= 0.6 is 0 Å². The topological polar surface area (TPSA) is 91.0 Å². The second-order valence-electron chi connectivity index (χ2n) is 2.66. The van der Waals surface area contributed by atoms with Crippen molar-refractivity contribution in [2.75, 3.05) is 14.2 Å². The Morgan fingerprint density at radius 2 is 1.88 bits per heavy atom. The lowest BCUT2D eigenvalue weighted by molar-refractivity contribution is -0.384. The molecule has 0 heterocycles. The van der Waals surface area contributed by atoms with Crippen LogP contribution in [0.1, 0.15) is 0 Å². The molecule has 0 saturated carbocycles. The molecule has 7 heteroatoms. The van der Waals surface area contributed by atoms with E-state index in [1.165, 1.54) is 26.4 Å². The second kappa shape index (κ2) is 4.90. The van der Waals surface area contributed by atoms with Crippen LogP contribution in [-0.2, 0) is 4.79 Å². The summed E-state index contributed by atoms with van der Waals surface area (Å²) in [5.41, 5.74) is -0.473. The maximum absolute atomic E-state index is 10.7. The van der Waals surface area contributed by atoms with Crippen LogP contribution in [0, 0.1) is 10.1 Å². The highest BCUT2D eigenvalue weighted by atomic mass is 16.6. The first-order valence-electron chi connectivity index (χ1n) is 4.12. The van der Waals surface area contributed by atoms with Crippen molar-refractivity contribution >= 4 is 17.5 Å². The molecular formula is C9H8N2O5. The zero-order chi connectivity index (χ0) is 12.1. The van der Waals surface area contributed by atoms with E-state index in [0.29, 0.717) is 0 Å². The monoisotopic (exact) mass is 224 g/mol. The molecule has 0 aliphatic rings. The van der Waals surface area contributed by atoms with Crippen molar-refractivity contribution in [2.24, 2.45) is 4.99 Å². The molecule has 0 N–H and O–H groups in total. The molecule has 0 amide bonds. The van der Waals surface area contributed by atoms with Gasteiger partial charge in [-0.3, -0.25) is 10.1 Å². The number of ether oxygens (including phenoxy) is 2. The van der Waals surface area contributed by atoms with E-state index >= 15 is 0 Å². The number of hydrogen-bond donors (Lipinski definition) is 0. The number of nitro benzene ring substituents is 1. The minimum atomic E-state index is -0.669. The fraction of sp³-hybridized carbons (Fsp3) is 0.222. The van der Waals surface area contributed by atoms with Crippen LogP contribution in [0.5, 0.6) is 11.5 Å². The van der Waals surface area contributed by atoms with Crippen LogP contribution in [-0.4, -0.2) is 25.2 Å². The van der Waals surface area contributed by atoms with Crippen molar-refractivity contribution < 1.29 is 19.2 Å². The SMILES string of the molecule is COc1cc(N=C=O)c([N+](=O)[O-])cc1OC. The van der Waals surface area contributed by atoms with Crippen molar-refractivity contribution in [1.82, 2.24) is 0 Å². The number of aliphatic imine (C=N–C) groups is 1. The Bertz CT molecular complexity index is 436. The summed E-state index contributed by atoms with van der Waals surface area (Å²) < 4.78 is 9.81. The van der Waals surface area contributed by atoms with E-state index in [9.17, 15) is 14.9 Å². The summed E-state index contributed by atoms with van der Waals surface area (Å²) in [6.45, 7) is 0. The smallest absolute Gasteiger partial charge is 0.299 e.